The molecule has 0 heterocycles. The average molecular weight is 405 g/mol. The first kappa shape index (κ1) is 21.4. The van der Waals surface area contributed by atoms with Crippen LogP contribution in [-0.4, -0.2) is 52.7 Å². The van der Waals surface area contributed by atoms with Gasteiger partial charge in [0.05, 0.1) is 27.0 Å². The van der Waals surface area contributed by atoms with Crippen molar-refractivity contribution in [2.24, 2.45) is 5.10 Å². The lowest BCUT2D eigenvalue weighted by Crippen LogP contribution is -2.36. The minimum atomic E-state index is -3.91. The summed E-state index contributed by atoms with van der Waals surface area (Å²) in [6.45, 7) is 1.38. The Hall–Kier alpha value is -2.91. The molecule has 0 fully saturated rings. The van der Waals surface area contributed by atoms with Crippen molar-refractivity contribution in [3.8, 4) is 11.5 Å². The van der Waals surface area contributed by atoms with Gasteiger partial charge in [0.15, 0.2) is 0 Å². The Bertz CT molecular complexity index is 973. The Morgan fingerprint density at radius 1 is 1.14 bits per heavy atom. The highest BCUT2D eigenvalue weighted by molar-refractivity contribution is 7.89. The lowest BCUT2D eigenvalue weighted by Gasteiger charge is -2.18. The van der Waals surface area contributed by atoms with Gasteiger partial charge < -0.3 is 9.47 Å². The molecule has 150 valence electrons. The molecule has 2 rings (SSSR count). The van der Waals surface area contributed by atoms with Crippen LogP contribution in [0.4, 0.5) is 0 Å². The molecule has 2 aromatic rings. The number of carbonyl (C=O) groups excluding carboxylic acids is 1. The number of carbonyl (C=O) groups is 1. The second-order valence-electron chi connectivity index (χ2n) is 5.95. The third-order valence-electron chi connectivity index (χ3n) is 3.91. The molecule has 9 heteroatoms. The highest BCUT2D eigenvalue weighted by atomic mass is 32.2. The number of nitrogens with one attached hydrogen (secondary N) is 1. The van der Waals surface area contributed by atoms with Gasteiger partial charge in [-0.3, -0.25) is 4.79 Å². The second kappa shape index (κ2) is 9.34. The SMILES string of the molecule is COc1ccccc1/C=N/NC(=O)CN(C)S(=O)(=O)c1cc(C)ccc1OC. The number of hydrazone groups is 1. The van der Waals surface area contributed by atoms with Gasteiger partial charge in [-0.2, -0.15) is 9.41 Å². The molecule has 0 aliphatic rings. The highest BCUT2D eigenvalue weighted by Crippen LogP contribution is 2.27. The quantitative estimate of drug-likeness (QED) is 0.533. The summed E-state index contributed by atoms with van der Waals surface area (Å²) in [6, 6.07) is 12.0. The zero-order valence-corrected chi connectivity index (χ0v) is 17.0. The summed E-state index contributed by atoms with van der Waals surface area (Å²) in [6.07, 6.45) is 1.43. The van der Waals surface area contributed by atoms with Gasteiger partial charge in [-0.25, -0.2) is 13.8 Å². The van der Waals surface area contributed by atoms with E-state index >= 15 is 0 Å². The van der Waals surface area contributed by atoms with Crippen molar-refractivity contribution in [3.63, 3.8) is 0 Å². The summed E-state index contributed by atoms with van der Waals surface area (Å²) in [5.74, 6) is 0.239. The van der Waals surface area contributed by atoms with E-state index in [0.717, 1.165) is 9.87 Å². The lowest BCUT2D eigenvalue weighted by molar-refractivity contribution is -0.121. The van der Waals surface area contributed by atoms with Crippen LogP contribution in [0.3, 0.4) is 0 Å². The van der Waals surface area contributed by atoms with Crippen LogP contribution in [0.2, 0.25) is 0 Å². The molecule has 0 radical (unpaired) electrons. The molecule has 0 bridgehead atoms. The van der Waals surface area contributed by atoms with Crippen molar-refractivity contribution in [2.45, 2.75) is 11.8 Å². The van der Waals surface area contributed by atoms with Crippen LogP contribution in [0.25, 0.3) is 0 Å². The van der Waals surface area contributed by atoms with E-state index < -0.39 is 22.5 Å². The fourth-order valence-electron chi connectivity index (χ4n) is 2.42. The molecule has 0 saturated heterocycles. The first-order chi connectivity index (χ1) is 13.3. The van der Waals surface area contributed by atoms with Gasteiger partial charge in [0.25, 0.3) is 5.91 Å². The number of hydrogen-bond donors (Lipinski definition) is 1. The molecule has 8 nitrogen and oxygen atoms in total. The van der Waals surface area contributed by atoms with E-state index in [1.807, 2.05) is 6.07 Å². The topological polar surface area (TPSA) is 97.3 Å². The summed E-state index contributed by atoms with van der Waals surface area (Å²) in [5, 5.41) is 3.86. The maximum atomic E-state index is 12.8. The van der Waals surface area contributed by atoms with E-state index in [1.54, 1.807) is 37.3 Å². The Balaban J connectivity index is 2.07. The predicted molar refractivity (Wildman–Crippen MR) is 106 cm³/mol. The number of hydrogen-bond acceptors (Lipinski definition) is 6. The summed E-state index contributed by atoms with van der Waals surface area (Å²) in [7, 11) is 0.333. The number of methoxy groups -OCH3 is 2. The number of nitrogens with zero attached hydrogens (tertiary/aromatic N) is 2. The molecule has 0 atom stereocenters. The minimum absolute atomic E-state index is 0.00261. The van der Waals surface area contributed by atoms with Crippen LogP contribution in [0, 0.1) is 6.92 Å². The lowest BCUT2D eigenvalue weighted by atomic mass is 10.2. The molecule has 2 aromatic carbocycles. The number of rotatable bonds is 8. The summed E-state index contributed by atoms with van der Waals surface area (Å²) >= 11 is 0. The Morgan fingerprint density at radius 2 is 1.82 bits per heavy atom. The summed E-state index contributed by atoms with van der Waals surface area (Å²) < 4.78 is 36.8. The van der Waals surface area contributed by atoms with Crippen molar-refractivity contribution in [2.75, 3.05) is 27.8 Å². The van der Waals surface area contributed by atoms with Crippen LogP contribution in [0.5, 0.6) is 11.5 Å². The van der Waals surface area contributed by atoms with E-state index in [2.05, 4.69) is 10.5 Å². The van der Waals surface area contributed by atoms with Crippen LogP contribution < -0.4 is 14.9 Å². The molecule has 0 aromatic heterocycles. The minimum Gasteiger partial charge on any atom is -0.496 e. The van der Waals surface area contributed by atoms with Gasteiger partial charge in [-0.15, -0.1) is 0 Å². The molecule has 28 heavy (non-hydrogen) atoms. The third kappa shape index (κ3) is 5.08. The molecule has 0 saturated carbocycles. The number of benzene rings is 2. The molecule has 0 aliphatic carbocycles. The van der Waals surface area contributed by atoms with E-state index in [1.165, 1.54) is 33.5 Å². The maximum Gasteiger partial charge on any atom is 0.255 e. The fraction of sp³-hybridized carbons (Fsp3) is 0.263. The normalized spacial score (nSPS) is 11.6. The number of para-hydroxylation sites is 1. The Morgan fingerprint density at radius 3 is 2.50 bits per heavy atom. The molecular weight excluding hydrogens is 382 g/mol. The number of ether oxygens (including phenoxy) is 2. The monoisotopic (exact) mass is 405 g/mol. The second-order valence-corrected chi connectivity index (χ2v) is 7.96. The van der Waals surface area contributed by atoms with E-state index in [9.17, 15) is 13.2 Å². The summed E-state index contributed by atoms with van der Waals surface area (Å²) in [5.41, 5.74) is 3.75. The zero-order valence-electron chi connectivity index (χ0n) is 16.2. The van der Waals surface area contributed by atoms with E-state index in [0.29, 0.717) is 11.3 Å². The molecular formula is C19H23N3O5S. The third-order valence-corrected chi connectivity index (χ3v) is 5.73. The van der Waals surface area contributed by atoms with Gasteiger partial charge in [0.1, 0.15) is 16.4 Å². The van der Waals surface area contributed by atoms with Crippen molar-refractivity contribution in [3.05, 3.63) is 53.6 Å². The van der Waals surface area contributed by atoms with Crippen LogP contribution in [0.1, 0.15) is 11.1 Å². The van der Waals surface area contributed by atoms with Crippen LogP contribution in [-0.2, 0) is 14.8 Å². The molecule has 1 amide bonds. The van der Waals surface area contributed by atoms with Gasteiger partial charge in [-0.1, -0.05) is 18.2 Å². The predicted octanol–water partition coefficient (Wildman–Crippen LogP) is 1.78. The molecule has 0 unspecified atom stereocenters. The standard InChI is InChI=1S/C19H23N3O5S/c1-14-9-10-17(27-4)18(11-14)28(24,25)22(2)13-19(23)21-20-12-15-7-5-6-8-16(15)26-3/h5-12H,13H2,1-4H3,(H,21,23)/b20-12+. The van der Waals surface area contributed by atoms with Crippen molar-refractivity contribution in [1.82, 2.24) is 9.73 Å². The zero-order chi connectivity index (χ0) is 20.7. The maximum absolute atomic E-state index is 12.8. The first-order valence-electron chi connectivity index (χ1n) is 8.35. The average Bonchev–Trinajstić information content (AvgIpc) is 2.68. The number of aryl methyl sites for hydroxylation is 1. The highest BCUT2D eigenvalue weighted by Gasteiger charge is 2.26. The van der Waals surface area contributed by atoms with Gasteiger partial charge in [-0.05, 0) is 36.8 Å². The smallest absolute Gasteiger partial charge is 0.255 e. The van der Waals surface area contributed by atoms with Gasteiger partial charge in [0, 0.05) is 12.6 Å². The van der Waals surface area contributed by atoms with Crippen molar-refractivity contribution >= 4 is 22.1 Å². The number of sulfonamides is 1. The first-order valence-corrected chi connectivity index (χ1v) is 9.79. The molecule has 1 N–H and O–H groups in total. The van der Waals surface area contributed by atoms with Gasteiger partial charge >= 0.3 is 0 Å². The summed E-state index contributed by atoms with van der Waals surface area (Å²) in [4.78, 5) is 12.1. The van der Waals surface area contributed by atoms with E-state index in [-0.39, 0.29) is 10.6 Å². The Labute approximate surface area is 164 Å². The van der Waals surface area contributed by atoms with Crippen molar-refractivity contribution < 1.29 is 22.7 Å². The fourth-order valence-corrected chi connectivity index (χ4v) is 3.79. The molecule has 0 spiro atoms. The number of amides is 1. The van der Waals surface area contributed by atoms with E-state index in [4.69, 9.17) is 9.47 Å². The molecule has 0 aliphatic heterocycles. The van der Waals surface area contributed by atoms with Crippen LogP contribution in [0.15, 0.2) is 52.5 Å². The van der Waals surface area contributed by atoms with Crippen LogP contribution >= 0.6 is 0 Å². The largest absolute Gasteiger partial charge is 0.496 e. The Kier molecular flexibility index (Phi) is 7.13. The van der Waals surface area contributed by atoms with Crippen molar-refractivity contribution in [1.29, 1.82) is 0 Å². The van der Waals surface area contributed by atoms with Gasteiger partial charge in [0.2, 0.25) is 10.0 Å². The number of likely N-dealkylation sites (N-methyl/N-ethyl adjacent to an activating group) is 1.